The van der Waals surface area contributed by atoms with Crippen LogP contribution in [0.2, 0.25) is 0 Å². The molecule has 0 spiro atoms. The van der Waals surface area contributed by atoms with E-state index in [4.69, 9.17) is 9.47 Å². The number of rotatable bonds is 10. The fourth-order valence-corrected chi connectivity index (χ4v) is 4.23. The van der Waals surface area contributed by atoms with Gasteiger partial charge in [-0.25, -0.2) is 0 Å². The van der Waals surface area contributed by atoms with Crippen LogP contribution in [0.1, 0.15) is 37.7 Å². The number of methoxy groups -OCH3 is 1. The van der Waals surface area contributed by atoms with Crippen LogP contribution in [0, 0.1) is 5.92 Å². The summed E-state index contributed by atoms with van der Waals surface area (Å²) in [6, 6.07) is 11.5. The van der Waals surface area contributed by atoms with E-state index >= 15 is 0 Å². The van der Waals surface area contributed by atoms with Gasteiger partial charge in [-0.1, -0.05) is 30.3 Å². The zero-order valence-electron chi connectivity index (χ0n) is 15.9. The summed E-state index contributed by atoms with van der Waals surface area (Å²) in [7, 11) is 1.67. The summed E-state index contributed by atoms with van der Waals surface area (Å²) in [6.07, 6.45) is 5.50. The first kappa shape index (κ1) is 19.3. The Balaban J connectivity index is 1.53. The van der Waals surface area contributed by atoms with Gasteiger partial charge in [-0.15, -0.1) is 0 Å². The van der Waals surface area contributed by atoms with E-state index in [0.29, 0.717) is 57.3 Å². The number of nitrogens with zero attached hydrogens (tertiary/aromatic N) is 1. The predicted molar refractivity (Wildman–Crippen MR) is 102 cm³/mol. The number of benzene rings is 1. The summed E-state index contributed by atoms with van der Waals surface area (Å²) in [6.45, 7) is 3.01. The van der Waals surface area contributed by atoms with Crippen molar-refractivity contribution in [2.24, 2.45) is 5.92 Å². The second kappa shape index (κ2) is 10.0. The number of ether oxygens (including phenoxy) is 2. The molecule has 26 heavy (non-hydrogen) atoms. The van der Waals surface area contributed by atoms with Gasteiger partial charge in [0.2, 0.25) is 5.91 Å². The largest absolute Gasteiger partial charge is 0.382 e. The Kier molecular flexibility index (Phi) is 7.47. The summed E-state index contributed by atoms with van der Waals surface area (Å²) < 4.78 is 10.6. The summed E-state index contributed by atoms with van der Waals surface area (Å²) in [5.74, 6) is 0.782. The highest BCUT2D eigenvalue weighted by Gasteiger charge is 2.34. The lowest BCUT2D eigenvalue weighted by Crippen LogP contribution is -2.41. The molecule has 1 N–H and O–H groups in total. The molecule has 144 valence electrons. The molecule has 2 heterocycles. The van der Waals surface area contributed by atoms with Gasteiger partial charge in [0, 0.05) is 38.7 Å². The van der Waals surface area contributed by atoms with E-state index in [9.17, 15) is 4.79 Å². The van der Waals surface area contributed by atoms with Crippen molar-refractivity contribution in [3.63, 3.8) is 0 Å². The Morgan fingerprint density at radius 2 is 1.85 bits per heavy atom. The monoisotopic (exact) mass is 360 g/mol. The van der Waals surface area contributed by atoms with Gasteiger partial charge in [-0.2, -0.15) is 0 Å². The number of carbonyl (C=O) groups is 1. The van der Waals surface area contributed by atoms with Crippen molar-refractivity contribution >= 4 is 5.91 Å². The molecule has 2 aliphatic heterocycles. The molecule has 5 nitrogen and oxygen atoms in total. The number of hydrogen-bond acceptors (Lipinski definition) is 4. The molecule has 2 bridgehead atoms. The van der Waals surface area contributed by atoms with E-state index in [1.54, 1.807) is 7.11 Å². The zero-order valence-corrected chi connectivity index (χ0v) is 15.9. The highest BCUT2D eigenvalue weighted by atomic mass is 16.5. The average molecular weight is 360 g/mol. The third-order valence-electron chi connectivity index (χ3n) is 5.54. The maximum Gasteiger partial charge on any atom is 0.223 e. The highest BCUT2D eigenvalue weighted by Crippen LogP contribution is 2.33. The summed E-state index contributed by atoms with van der Waals surface area (Å²) in [4.78, 5) is 15.0. The van der Waals surface area contributed by atoms with Gasteiger partial charge in [0.25, 0.3) is 0 Å². The Bertz CT molecular complexity index is 539. The third kappa shape index (κ3) is 5.79. The fourth-order valence-electron chi connectivity index (χ4n) is 4.23. The van der Waals surface area contributed by atoms with Crippen LogP contribution in [-0.2, 0) is 20.8 Å². The first-order valence-electron chi connectivity index (χ1n) is 9.89. The van der Waals surface area contributed by atoms with Crippen LogP contribution in [-0.4, -0.2) is 56.4 Å². The molecule has 2 saturated heterocycles. The summed E-state index contributed by atoms with van der Waals surface area (Å²) in [5, 5.41) is 3.66. The van der Waals surface area contributed by atoms with Crippen molar-refractivity contribution in [2.45, 2.75) is 50.7 Å². The predicted octanol–water partition coefficient (Wildman–Crippen LogP) is 2.60. The van der Waals surface area contributed by atoms with Crippen molar-refractivity contribution in [1.82, 2.24) is 10.2 Å². The van der Waals surface area contributed by atoms with Gasteiger partial charge in [0.1, 0.15) is 0 Å². The van der Waals surface area contributed by atoms with Crippen LogP contribution in [0.5, 0.6) is 0 Å². The highest BCUT2D eigenvalue weighted by molar-refractivity contribution is 5.76. The second-order valence-corrected chi connectivity index (χ2v) is 7.59. The minimum absolute atomic E-state index is 0.260. The average Bonchev–Trinajstić information content (AvgIpc) is 2.99. The molecule has 0 saturated carbocycles. The van der Waals surface area contributed by atoms with E-state index in [2.05, 4.69) is 17.4 Å². The Morgan fingerprint density at radius 3 is 2.54 bits per heavy atom. The van der Waals surface area contributed by atoms with Crippen LogP contribution in [0.15, 0.2) is 30.3 Å². The van der Waals surface area contributed by atoms with Gasteiger partial charge < -0.3 is 19.7 Å². The van der Waals surface area contributed by atoms with Gasteiger partial charge in [-0.3, -0.25) is 4.79 Å². The van der Waals surface area contributed by atoms with E-state index in [-0.39, 0.29) is 5.91 Å². The number of fused-ring (bicyclic) bond motifs is 2. The van der Waals surface area contributed by atoms with Crippen molar-refractivity contribution in [2.75, 3.05) is 33.5 Å². The molecule has 3 rings (SSSR count). The Morgan fingerprint density at radius 1 is 1.12 bits per heavy atom. The van der Waals surface area contributed by atoms with Gasteiger partial charge >= 0.3 is 0 Å². The van der Waals surface area contributed by atoms with Crippen LogP contribution < -0.4 is 5.32 Å². The molecule has 0 aromatic heterocycles. The smallest absolute Gasteiger partial charge is 0.223 e. The van der Waals surface area contributed by atoms with Gasteiger partial charge in [0.05, 0.1) is 19.8 Å². The zero-order chi connectivity index (χ0) is 18.2. The van der Waals surface area contributed by atoms with Gasteiger partial charge in [0.15, 0.2) is 0 Å². The quantitative estimate of drug-likeness (QED) is 0.652. The summed E-state index contributed by atoms with van der Waals surface area (Å²) >= 11 is 0. The van der Waals surface area contributed by atoms with E-state index < -0.39 is 0 Å². The Labute approximate surface area is 157 Å². The SMILES string of the molecule is COCCOCCN(Cc1ccccc1)C(=O)CC1CC2CCC(C1)N2. The van der Waals surface area contributed by atoms with Crippen molar-refractivity contribution in [3.8, 4) is 0 Å². The normalized spacial score (nSPS) is 24.6. The van der Waals surface area contributed by atoms with E-state index in [0.717, 1.165) is 12.8 Å². The number of piperidine rings is 1. The van der Waals surface area contributed by atoms with Crippen LogP contribution in [0.4, 0.5) is 0 Å². The lowest BCUT2D eigenvalue weighted by atomic mass is 9.89. The molecule has 1 aromatic carbocycles. The number of nitrogens with one attached hydrogen (secondary N) is 1. The molecule has 1 aromatic rings. The minimum Gasteiger partial charge on any atom is -0.382 e. The molecule has 0 radical (unpaired) electrons. The van der Waals surface area contributed by atoms with Crippen LogP contribution >= 0.6 is 0 Å². The second-order valence-electron chi connectivity index (χ2n) is 7.59. The fraction of sp³-hybridized carbons (Fsp3) is 0.667. The topological polar surface area (TPSA) is 50.8 Å². The lowest BCUT2D eigenvalue weighted by Gasteiger charge is -2.31. The molecule has 2 fully saturated rings. The first-order chi connectivity index (χ1) is 12.7. The Hall–Kier alpha value is -1.43. The molecule has 1 amide bonds. The van der Waals surface area contributed by atoms with Crippen LogP contribution in [0.25, 0.3) is 0 Å². The van der Waals surface area contributed by atoms with Crippen LogP contribution in [0.3, 0.4) is 0 Å². The number of carbonyl (C=O) groups excluding carboxylic acids is 1. The third-order valence-corrected chi connectivity index (χ3v) is 5.54. The van der Waals surface area contributed by atoms with Crippen molar-refractivity contribution < 1.29 is 14.3 Å². The molecule has 0 aliphatic carbocycles. The van der Waals surface area contributed by atoms with E-state index in [1.807, 2.05) is 23.1 Å². The molecule has 2 aliphatic rings. The maximum atomic E-state index is 13.0. The van der Waals surface area contributed by atoms with Crippen molar-refractivity contribution in [1.29, 1.82) is 0 Å². The molecule has 2 unspecified atom stereocenters. The molecule has 2 atom stereocenters. The van der Waals surface area contributed by atoms with E-state index in [1.165, 1.54) is 18.4 Å². The lowest BCUT2D eigenvalue weighted by molar-refractivity contribution is -0.134. The molecule has 5 heteroatoms. The summed E-state index contributed by atoms with van der Waals surface area (Å²) in [5.41, 5.74) is 1.17. The standard InChI is InChI=1S/C21H32N2O3/c1-25-11-12-26-10-9-23(16-17-5-3-2-4-6-17)21(24)15-18-13-19-7-8-20(14-18)22-19/h2-6,18-20,22H,7-16H2,1H3. The maximum absolute atomic E-state index is 13.0. The molecular formula is C21H32N2O3. The number of hydrogen-bond donors (Lipinski definition) is 1. The first-order valence-corrected chi connectivity index (χ1v) is 9.89. The molecular weight excluding hydrogens is 328 g/mol. The minimum atomic E-state index is 0.260. The van der Waals surface area contributed by atoms with Crippen molar-refractivity contribution in [3.05, 3.63) is 35.9 Å². The number of amides is 1. The van der Waals surface area contributed by atoms with Gasteiger partial charge in [-0.05, 0) is 37.2 Å².